The van der Waals surface area contributed by atoms with E-state index in [9.17, 15) is 4.79 Å². The van der Waals surface area contributed by atoms with Crippen molar-refractivity contribution in [3.63, 3.8) is 0 Å². The largest absolute Gasteiger partial charge is 0.389 e. The molecule has 0 saturated heterocycles. The normalized spacial score (nSPS) is 9.58. The maximum absolute atomic E-state index is 10.7. The van der Waals surface area contributed by atoms with Crippen LogP contribution in [0, 0.1) is 0 Å². The lowest BCUT2D eigenvalue weighted by atomic mass is 10.4. The predicted octanol–water partition coefficient (Wildman–Crippen LogP) is 1.27. The maximum atomic E-state index is 10.7. The van der Waals surface area contributed by atoms with Gasteiger partial charge in [-0.2, -0.15) is 0 Å². The Kier molecular flexibility index (Phi) is 11.3. The van der Waals surface area contributed by atoms with E-state index in [4.69, 9.17) is 0 Å². The average molecular weight is 172 g/mol. The number of nitrogens with one attached hydrogen (secondary N) is 2. The lowest BCUT2D eigenvalue weighted by Crippen LogP contribution is -2.18. The van der Waals surface area contributed by atoms with E-state index in [1.165, 1.54) is 6.08 Å². The van der Waals surface area contributed by atoms with Crippen LogP contribution < -0.4 is 10.6 Å². The van der Waals surface area contributed by atoms with Crippen molar-refractivity contribution >= 4 is 5.91 Å². The SMILES string of the molecule is CC.CCN/C(C)=C\C(=O)NC. The molecule has 0 bridgehead atoms. The number of rotatable bonds is 3. The molecule has 3 heteroatoms. The molecule has 0 aromatic rings. The van der Waals surface area contributed by atoms with E-state index in [1.807, 2.05) is 27.7 Å². The third-order valence-corrected chi connectivity index (χ3v) is 1.05. The van der Waals surface area contributed by atoms with Crippen LogP contribution >= 0.6 is 0 Å². The fraction of sp³-hybridized carbons (Fsp3) is 0.667. The van der Waals surface area contributed by atoms with Crippen LogP contribution in [0.4, 0.5) is 0 Å². The Labute approximate surface area is 75.2 Å². The summed E-state index contributed by atoms with van der Waals surface area (Å²) in [6.45, 7) is 8.69. The maximum Gasteiger partial charge on any atom is 0.245 e. The van der Waals surface area contributed by atoms with Gasteiger partial charge in [0.25, 0.3) is 0 Å². The van der Waals surface area contributed by atoms with E-state index in [2.05, 4.69) is 10.6 Å². The van der Waals surface area contributed by atoms with Crippen LogP contribution in [0.1, 0.15) is 27.7 Å². The molecule has 72 valence electrons. The highest BCUT2D eigenvalue weighted by atomic mass is 16.1. The Morgan fingerprint density at radius 1 is 1.42 bits per heavy atom. The fourth-order valence-electron chi connectivity index (χ4n) is 0.599. The van der Waals surface area contributed by atoms with Gasteiger partial charge in [-0.15, -0.1) is 0 Å². The van der Waals surface area contributed by atoms with Gasteiger partial charge < -0.3 is 10.6 Å². The highest BCUT2D eigenvalue weighted by molar-refractivity contribution is 5.87. The van der Waals surface area contributed by atoms with Crippen LogP contribution in [0.3, 0.4) is 0 Å². The van der Waals surface area contributed by atoms with Crippen molar-refractivity contribution in [3.8, 4) is 0 Å². The molecule has 0 radical (unpaired) electrons. The summed E-state index contributed by atoms with van der Waals surface area (Å²) < 4.78 is 0. The highest BCUT2D eigenvalue weighted by Crippen LogP contribution is 1.83. The zero-order valence-corrected chi connectivity index (χ0v) is 8.69. The average Bonchev–Trinajstić information content (AvgIpc) is 2.08. The van der Waals surface area contributed by atoms with Crippen LogP contribution in [0.15, 0.2) is 11.8 Å². The van der Waals surface area contributed by atoms with Gasteiger partial charge in [0.2, 0.25) is 5.91 Å². The van der Waals surface area contributed by atoms with Crippen molar-refractivity contribution in [1.29, 1.82) is 0 Å². The first-order valence-corrected chi connectivity index (χ1v) is 4.34. The molecule has 0 aliphatic rings. The summed E-state index contributed by atoms with van der Waals surface area (Å²) in [7, 11) is 1.61. The molecule has 2 N–H and O–H groups in total. The molecule has 0 atom stereocenters. The highest BCUT2D eigenvalue weighted by Gasteiger charge is 1.90. The molecular formula is C9H20N2O. The van der Waals surface area contributed by atoms with Gasteiger partial charge in [0.1, 0.15) is 0 Å². The first kappa shape index (κ1) is 13.6. The third-order valence-electron chi connectivity index (χ3n) is 1.05. The van der Waals surface area contributed by atoms with E-state index in [0.29, 0.717) is 0 Å². The van der Waals surface area contributed by atoms with Gasteiger partial charge in [-0.3, -0.25) is 4.79 Å². The number of likely N-dealkylation sites (N-methyl/N-ethyl adjacent to an activating group) is 1. The molecule has 0 spiro atoms. The number of hydrogen-bond acceptors (Lipinski definition) is 2. The van der Waals surface area contributed by atoms with E-state index >= 15 is 0 Å². The minimum atomic E-state index is -0.0709. The molecule has 0 unspecified atom stereocenters. The van der Waals surface area contributed by atoms with Gasteiger partial charge in [0.15, 0.2) is 0 Å². The first-order valence-electron chi connectivity index (χ1n) is 4.34. The monoisotopic (exact) mass is 172 g/mol. The van der Waals surface area contributed by atoms with Crippen molar-refractivity contribution in [2.45, 2.75) is 27.7 Å². The molecular weight excluding hydrogens is 152 g/mol. The first-order chi connectivity index (χ1) is 5.70. The predicted molar refractivity (Wildman–Crippen MR) is 52.8 cm³/mol. The summed E-state index contributed by atoms with van der Waals surface area (Å²) in [5.74, 6) is -0.0709. The quantitative estimate of drug-likeness (QED) is 0.629. The Morgan fingerprint density at radius 3 is 2.25 bits per heavy atom. The van der Waals surface area contributed by atoms with E-state index in [0.717, 1.165) is 12.2 Å². The van der Waals surface area contributed by atoms with Crippen LogP contribution in [-0.4, -0.2) is 19.5 Å². The zero-order chi connectivity index (χ0) is 9.98. The van der Waals surface area contributed by atoms with Gasteiger partial charge in [0, 0.05) is 25.4 Å². The number of allylic oxidation sites excluding steroid dienone is 1. The summed E-state index contributed by atoms with van der Waals surface area (Å²) >= 11 is 0. The van der Waals surface area contributed by atoms with Gasteiger partial charge in [-0.1, -0.05) is 13.8 Å². The second kappa shape index (κ2) is 10.0. The lowest BCUT2D eigenvalue weighted by Gasteiger charge is -2.00. The summed E-state index contributed by atoms with van der Waals surface area (Å²) in [5, 5.41) is 5.51. The standard InChI is InChI=1S/C7H14N2O.C2H6/c1-4-9-6(2)5-7(10)8-3;1-2/h5,9H,4H2,1-3H3,(H,8,10);1-2H3/b6-5-;. The summed E-state index contributed by atoms with van der Waals surface area (Å²) in [4.78, 5) is 10.7. The number of amides is 1. The van der Waals surface area contributed by atoms with Crippen molar-refractivity contribution in [2.24, 2.45) is 0 Å². The van der Waals surface area contributed by atoms with Crippen LogP contribution in [-0.2, 0) is 4.79 Å². The summed E-state index contributed by atoms with van der Waals surface area (Å²) in [6, 6.07) is 0. The van der Waals surface area contributed by atoms with Gasteiger partial charge in [-0.05, 0) is 13.8 Å². The molecule has 0 saturated carbocycles. The van der Waals surface area contributed by atoms with Crippen LogP contribution in [0.5, 0.6) is 0 Å². The van der Waals surface area contributed by atoms with Gasteiger partial charge in [0.05, 0.1) is 0 Å². The molecule has 0 aromatic carbocycles. The molecule has 1 amide bonds. The number of carbonyl (C=O) groups is 1. The molecule has 0 fully saturated rings. The topological polar surface area (TPSA) is 41.1 Å². The van der Waals surface area contributed by atoms with E-state index < -0.39 is 0 Å². The van der Waals surface area contributed by atoms with E-state index in [-0.39, 0.29) is 5.91 Å². The third kappa shape index (κ3) is 9.01. The summed E-state index contributed by atoms with van der Waals surface area (Å²) in [6.07, 6.45) is 1.53. The van der Waals surface area contributed by atoms with Gasteiger partial charge in [-0.25, -0.2) is 0 Å². The minimum absolute atomic E-state index is 0.0709. The molecule has 0 heterocycles. The lowest BCUT2D eigenvalue weighted by molar-refractivity contribution is -0.116. The second-order valence-electron chi connectivity index (χ2n) is 1.97. The second-order valence-corrected chi connectivity index (χ2v) is 1.97. The smallest absolute Gasteiger partial charge is 0.245 e. The van der Waals surface area contributed by atoms with Gasteiger partial charge >= 0.3 is 0 Å². The van der Waals surface area contributed by atoms with E-state index in [1.54, 1.807) is 7.05 Å². The Hall–Kier alpha value is -0.990. The molecule has 0 rings (SSSR count). The van der Waals surface area contributed by atoms with Crippen molar-refractivity contribution < 1.29 is 4.79 Å². The Balaban J connectivity index is 0. The van der Waals surface area contributed by atoms with Crippen molar-refractivity contribution in [1.82, 2.24) is 10.6 Å². The van der Waals surface area contributed by atoms with Crippen LogP contribution in [0.2, 0.25) is 0 Å². The minimum Gasteiger partial charge on any atom is -0.389 e. The number of hydrogen-bond donors (Lipinski definition) is 2. The van der Waals surface area contributed by atoms with Crippen molar-refractivity contribution in [3.05, 3.63) is 11.8 Å². The van der Waals surface area contributed by atoms with Crippen molar-refractivity contribution in [2.75, 3.05) is 13.6 Å². The summed E-state index contributed by atoms with van der Waals surface area (Å²) in [5.41, 5.74) is 0.891. The Bertz CT molecular complexity index is 141. The fourth-order valence-corrected chi connectivity index (χ4v) is 0.599. The molecule has 3 nitrogen and oxygen atoms in total. The molecule has 12 heavy (non-hydrogen) atoms. The molecule has 0 aromatic heterocycles. The molecule has 0 aliphatic carbocycles. The van der Waals surface area contributed by atoms with Crippen LogP contribution in [0.25, 0.3) is 0 Å². The Morgan fingerprint density at radius 2 is 1.92 bits per heavy atom. The zero-order valence-electron chi connectivity index (χ0n) is 8.69. The molecule has 0 aliphatic heterocycles. The number of carbonyl (C=O) groups excluding carboxylic acids is 1.